The molecule has 0 aromatic carbocycles. The van der Waals surface area contributed by atoms with Gasteiger partial charge in [0.05, 0.1) is 11.0 Å². The van der Waals surface area contributed by atoms with Crippen molar-refractivity contribution >= 4 is 33.6 Å². The van der Waals surface area contributed by atoms with Crippen LogP contribution in [0.1, 0.15) is 19.8 Å². The zero-order valence-corrected chi connectivity index (χ0v) is 12.5. The maximum absolute atomic E-state index is 11.9. The van der Waals surface area contributed by atoms with Gasteiger partial charge in [-0.2, -0.15) is 4.98 Å². The van der Waals surface area contributed by atoms with E-state index in [9.17, 15) is 4.79 Å². The molecular formula is C12H18BrN5O. The van der Waals surface area contributed by atoms with E-state index in [0.717, 1.165) is 36.9 Å². The standard InChI is InChI=1S/C12H18BrN5O/c1-2-14-12-16-7-9(13)11(17-12)15-8-10(19)18-5-3-4-6-18/h7H,2-6,8H2,1H3,(H2,14,15,16,17). The predicted molar refractivity (Wildman–Crippen MR) is 78.2 cm³/mol. The second-order valence-corrected chi connectivity index (χ2v) is 5.22. The molecule has 0 atom stereocenters. The van der Waals surface area contributed by atoms with Gasteiger partial charge >= 0.3 is 0 Å². The maximum atomic E-state index is 11.9. The lowest BCUT2D eigenvalue weighted by molar-refractivity contribution is -0.128. The van der Waals surface area contributed by atoms with Crippen molar-refractivity contribution in [1.82, 2.24) is 14.9 Å². The van der Waals surface area contributed by atoms with E-state index in [1.54, 1.807) is 6.20 Å². The minimum atomic E-state index is 0.119. The summed E-state index contributed by atoms with van der Waals surface area (Å²) in [5.74, 6) is 1.31. The van der Waals surface area contributed by atoms with Crippen LogP contribution in [0.15, 0.2) is 10.7 Å². The molecule has 1 aliphatic heterocycles. The van der Waals surface area contributed by atoms with Crippen molar-refractivity contribution in [1.29, 1.82) is 0 Å². The van der Waals surface area contributed by atoms with Crippen LogP contribution in [0.5, 0.6) is 0 Å². The first-order valence-electron chi connectivity index (χ1n) is 6.48. The lowest BCUT2D eigenvalue weighted by atomic mass is 10.4. The van der Waals surface area contributed by atoms with Crippen LogP contribution in [0.4, 0.5) is 11.8 Å². The van der Waals surface area contributed by atoms with Gasteiger partial charge in [0, 0.05) is 25.8 Å². The van der Waals surface area contributed by atoms with Crippen molar-refractivity contribution in [2.75, 3.05) is 36.8 Å². The van der Waals surface area contributed by atoms with Gasteiger partial charge in [0.25, 0.3) is 0 Å². The van der Waals surface area contributed by atoms with Gasteiger partial charge < -0.3 is 15.5 Å². The van der Waals surface area contributed by atoms with Gasteiger partial charge in [-0.05, 0) is 35.7 Å². The number of carbonyl (C=O) groups is 1. The molecule has 7 heteroatoms. The van der Waals surface area contributed by atoms with Crippen molar-refractivity contribution in [3.8, 4) is 0 Å². The molecular weight excluding hydrogens is 310 g/mol. The molecule has 1 aliphatic rings. The number of nitrogens with one attached hydrogen (secondary N) is 2. The minimum absolute atomic E-state index is 0.119. The second-order valence-electron chi connectivity index (χ2n) is 4.36. The Morgan fingerprint density at radius 2 is 2.16 bits per heavy atom. The molecule has 0 radical (unpaired) electrons. The van der Waals surface area contributed by atoms with E-state index in [4.69, 9.17) is 0 Å². The van der Waals surface area contributed by atoms with Crippen molar-refractivity contribution in [2.24, 2.45) is 0 Å². The molecule has 0 aliphatic carbocycles. The van der Waals surface area contributed by atoms with Crippen LogP contribution < -0.4 is 10.6 Å². The fourth-order valence-electron chi connectivity index (χ4n) is 1.97. The van der Waals surface area contributed by atoms with Gasteiger partial charge in [0.15, 0.2) is 0 Å². The van der Waals surface area contributed by atoms with Crippen molar-refractivity contribution in [2.45, 2.75) is 19.8 Å². The molecule has 0 saturated carbocycles. The highest BCUT2D eigenvalue weighted by molar-refractivity contribution is 9.10. The zero-order valence-electron chi connectivity index (χ0n) is 10.9. The van der Waals surface area contributed by atoms with Gasteiger partial charge in [0.1, 0.15) is 5.82 Å². The number of carbonyl (C=O) groups excluding carboxylic acids is 1. The van der Waals surface area contributed by atoms with E-state index in [0.29, 0.717) is 11.8 Å². The summed E-state index contributed by atoms with van der Waals surface area (Å²) in [6.45, 7) is 4.74. The lowest BCUT2D eigenvalue weighted by Gasteiger charge is -2.16. The van der Waals surface area contributed by atoms with Crippen LogP contribution in [0.2, 0.25) is 0 Å². The monoisotopic (exact) mass is 327 g/mol. The summed E-state index contributed by atoms with van der Waals surface area (Å²) in [5, 5.41) is 6.10. The Bertz CT molecular complexity index is 448. The summed E-state index contributed by atoms with van der Waals surface area (Å²) in [5.41, 5.74) is 0. The molecule has 1 aromatic rings. The lowest BCUT2D eigenvalue weighted by Crippen LogP contribution is -2.33. The third-order valence-electron chi connectivity index (χ3n) is 2.94. The van der Waals surface area contributed by atoms with Crippen LogP contribution in [-0.2, 0) is 4.79 Å². The normalized spacial score (nSPS) is 14.5. The van der Waals surface area contributed by atoms with Gasteiger partial charge in [-0.3, -0.25) is 4.79 Å². The van der Waals surface area contributed by atoms with Crippen molar-refractivity contribution < 1.29 is 4.79 Å². The van der Waals surface area contributed by atoms with Crippen LogP contribution >= 0.6 is 15.9 Å². The molecule has 1 saturated heterocycles. The summed E-state index contributed by atoms with van der Waals surface area (Å²) in [7, 11) is 0. The average Bonchev–Trinajstić information content (AvgIpc) is 2.93. The molecule has 0 spiro atoms. The highest BCUT2D eigenvalue weighted by Crippen LogP contribution is 2.20. The first-order chi connectivity index (χ1) is 9.20. The van der Waals surface area contributed by atoms with E-state index >= 15 is 0 Å². The van der Waals surface area contributed by atoms with E-state index in [2.05, 4.69) is 36.5 Å². The third-order valence-corrected chi connectivity index (χ3v) is 3.53. The number of likely N-dealkylation sites (tertiary alicyclic amines) is 1. The van der Waals surface area contributed by atoms with Crippen LogP contribution in [0, 0.1) is 0 Å². The minimum Gasteiger partial charge on any atom is -0.360 e. The number of aromatic nitrogens is 2. The van der Waals surface area contributed by atoms with Gasteiger partial charge in [-0.15, -0.1) is 0 Å². The summed E-state index contributed by atoms with van der Waals surface area (Å²) in [6.07, 6.45) is 3.88. The third kappa shape index (κ3) is 3.79. The van der Waals surface area contributed by atoms with Gasteiger partial charge in [-0.25, -0.2) is 4.98 Å². The molecule has 0 unspecified atom stereocenters. The number of amides is 1. The Morgan fingerprint density at radius 1 is 1.42 bits per heavy atom. The molecule has 6 nitrogen and oxygen atoms in total. The van der Waals surface area contributed by atoms with Gasteiger partial charge in [0.2, 0.25) is 11.9 Å². The second kappa shape index (κ2) is 6.70. The maximum Gasteiger partial charge on any atom is 0.241 e. The summed E-state index contributed by atoms with van der Waals surface area (Å²) in [6, 6.07) is 0. The van der Waals surface area contributed by atoms with Crippen LogP contribution in [-0.4, -0.2) is 47.0 Å². The Balaban J connectivity index is 1.94. The molecule has 19 heavy (non-hydrogen) atoms. The first-order valence-corrected chi connectivity index (χ1v) is 7.28. The van der Waals surface area contributed by atoms with Crippen LogP contribution in [0.3, 0.4) is 0 Å². The largest absolute Gasteiger partial charge is 0.360 e. The fraction of sp³-hybridized carbons (Fsp3) is 0.583. The number of hydrogen-bond acceptors (Lipinski definition) is 5. The summed E-state index contributed by atoms with van der Waals surface area (Å²) >= 11 is 3.38. The Hall–Kier alpha value is -1.37. The smallest absolute Gasteiger partial charge is 0.241 e. The highest BCUT2D eigenvalue weighted by Gasteiger charge is 2.17. The number of hydrogen-bond donors (Lipinski definition) is 2. The average molecular weight is 328 g/mol. The Labute approximate surface area is 121 Å². The molecule has 0 bridgehead atoms. The molecule has 2 heterocycles. The quantitative estimate of drug-likeness (QED) is 0.861. The SMILES string of the molecule is CCNc1ncc(Br)c(NCC(=O)N2CCCC2)n1. The Morgan fingerprint density at radius 3 is 2.84 bits per heavy atom. The van der Waals surface area contributed by atoms with Crippen LogP contribution in [0.25, 0.3) is 0 Å². The summed E-state index contributed by atoms with van der Waals surface area (Å²) < 4.78 is 0.753. The molecule has 1 aromatic heterocycles. The molecule has 1 amide bonds. The topological polar surface area (TPSA) is 70.2 Å². The molecule has 1 fully saturated rings. The van der Waals surface area contributed by atoms with E-state index in [-0.39, 0.29) is 12.5 Å². The predicted octanol–water partition coefficient (Wildman–Crippen LogP) is 1.71. The molecule has 2 N–H and O–H groups in total. The van der Waals surface area contributed by atoms with E-state index in [1.165, 1.54) is 0 Å². The Kier molecular flexibility index (Phi) is 4.95. The van der Waals surface area contributed by atoms with Gasteiger partial charge in [-0.1, -0.05) is 0 Å². The van der Waals surface area contributed by atoms with E-state index in [1.807, 2.05) is 11.8 Å². The number of nitrogens with zero attached hydrogens (tertiary/aromatic N) is 3. The molecule has 2 rings (SSSR count). The number of halogens is 1. The summed E-state index contributed by atoms with van der Waals surface area (Å²) in [4.78, 5) is 22.3. The molecule has 104 valence electrons. The highest BCUT2D eigenvalue weighted by atomic mass is 79.9. The number of anilines is 2. The van der Waals surface area contributed by atoms with E-state index < -0.39 is 0 Å². The zero-order chi connectivity index (χ0) is 13.7. The van der Waals surface area contributed by atoms with Crippen molar-refractivity contribution in [3.05, 3.63) is 10.7 Å². The fourth-order valence-corrected chi connectivity index (χ4v) is 2.30. The first kappa shape index (κ1) is 14.0. The van der Waals surface area contributed by atoms with Crippen molar-refractivity contribution in [3.63, 3.8) is 0 Å². The number of rotatable bonds is 5.